The molecule has 1 N–H and O–H groups in total. The van der Waals surface area contributed by atoms with Gasteiger partial charge in [-0.1, -0.05) is 37.3 Å². The summed E-state index contributed by atoms with van der Waals surface area (Å²) in [6.07, 6.45) is 2.09. The minimum absolute atomic E-state index is 0.0226. The number of piperidine rings is 1. The van der Waals surface area contributed by atoms with Crippen molar-refractivity contribution in [1.82, 2.24) is 9.62 Å². The quantitative estimate of drug-likeness (QED) is 0.638. The highest BCUT2D eigenvalue weighted by atomic mass is 32.2. The Bertz CT molecular complexity index is 1190. The van der Waals surface area contributed by atoms with Crippen LogP contribution in [0.3, 0.4) is 0 Å². The molecule has 1 unspecified atom stereocenters. The number of hydrogen-bond donors (Lipinski definition) is 1. The molecule has 2 aromatic carbocycles. The molecule has 0 spiro atoms. The highest BCUT2D eigenvalue weighted by Crippen LogP contribution is 2.28. The average molecular weight is 492 g/mol. The van der Waals surface area contributed by atoms with Crippen LogP contribution >= 0.6 is 0 Å². The number of rotatable bonds is 7. The second kappa shape index (κ2) is 9.54. The van der Waals surface area contributed by atoms with Crippen LogP contribution in [0.5, 0.6) is 0 Å². The Kier molecular flexibility index (Phi) is 6.90. The summed E-state index contributed by atoms with van der Waals surface area (Å²) in [5, 5.41) is 0. The predicted octanol–water partition coefficient (Wildman–Crippen LogP) is 2.50. The lowest BCUT2D eigenvalue weighted by Crippen LogP contribution is -2.41. The number of hydrogen-bond acceptors (Lipinski definition) is 6. The summed E-state index contributed by atoms with van der Waals surface area (Å²) in [4.78, 5) is 14.3. The third-order valence-electron chi connectivity index (χ3n) is 6.37. The average Bonchev–Trinajstić information content (AvgIpc) is 3.08. The summed E-state index contributed by atoms with van der Waals surface area (Å²) in [6.45, 7) is 4.29. The second-order valence-corrected chi connectivity index (χ2v) is 12.4. The van der Waals surface area contributed by atoms with Crippen molar-refractivity contribution in [3.8, 4) is 0 Å². The molecule has 8 nitrogen and oxygen atoms in total. The molecule has 2 saturated heterocycles. The lowest BCUT2D eigenvalue weighted by Gasteiger charge is -2.37. The van der Waals surface area contributed by atoms with Crippen molar-refractivity contribution < 1.29 is 21.6 Å². The number of carbonyl (C=O) groups excluding carboxylic acids is 1. The largest absolute Gasteiger partial charge is 0.295 e. The minimum Gasteiger partial charge on any atom is -0.295 e. The van der Waals surface area contributed by atoms with E-state index < -0.39 is 26.0 Å². The van der Waals surface area contributed by atoms with Crippen molar-refractivity contribution in [3.63, 3.8) is 0 Å². The van der Waals surface area contributed by atoms with E-state index >= 15 is 0 Å². The van der Waals surface area contributed by atoms with Gasteiger partial charge < -0.3 is 0 Å². The number of carbonyl (C=O) groups is 1. The highest BCUT2D eigenvalue weighted by molar-refractivity contribution is 7.94. The topological polar surface area (TPSA) is 104 Å². The van der Waals surface area contributed by atoms with Crippen LogP contribution in [0.2, 0.25) is 0 Å². The SMILES string of the molecule is CC1CCN(C(CNS(=O)(=O)c2ccc(N3C(=O)CCS3(=O)=O)cc2)c2ccccc2)CC1. The third-order valence-corrected chi connectivity index (χ3v) is 9.50. The molecule has 2 heterocycles. The third kappa shape index (κ3) is 5.29. The van der Waals surface area contributed by atoms with Gasteiger partial charge in [0.1, 0.15) is 0 Å². The molecule has 4 rings (SSSR count). The Morgan fingerprint density at radius 2 is 1.67 bits per heavy atom. The second-order valence-electron chi connectivity index (χ2n) is 8.71. The van der Waals surface area contributed by atoms with Crippen LogP contribution in [0.15, 0.2) is 59.5 Å². The number of amides is 1. The summed E-state index contributed by atoms with van der Waals surface area (Å²) < 4.78 is 53.7. The summed E-state index contributed by atoms with van der Waals surface area (Å²) in [5.74, 6) is -0.0756. The van der Waals surface area contributed by atoms with Gasteiger partial charge in [0.2, 0.25) is 26.0 Å². The zero-order chi connectivity index (χ0) is 23.6. The van der Waals surface area contributed by atoms with E-state index in [1.165, 1.54) is 24.3 Å². The van der Waals surface area contributed by atoms with E-state index in [-0.39, 0.29) is 35.3 Å². The van der Waals surface area contributed by atoms with Crippen molar-refractivity contribution >= 4 is 31.6 Å². The maximum Gasteiger partial charge on any atom is 0.242 e. The molecular formula is C23H29N3O5S2. The Hall–Kier alpha value is -2.27. The van der Waals surface area contributed by atoms with Crippen molar-refractivity contribution in [2.24, 2.45) is 5.92 Å². The molecule has 2 aliphatic rings. The standard InChI is InChI=1S/C23H29N3O5S2/c1-18-11-14-25(15-12-18)22(19-5-3-2-4-6-19)17-24-33(30,31)21-9-7-20(8-10-21)26-23(27)13-16-32(26,28)29/h2-10,18,22,24H,11-17H2,1H3. The Labute approximate surface area is 195 Å². The van der Waals surface area contributed by atoms with Gasteiger partial charge in [-0.05, 0) is 61.7 Å². The zero-order valence-corrected chi connectivity index (χ0v) is 20.2. The molecule has 1 amide bonds. The van der Waals surface area contributed by atoms with E-state index in [9.17, 15) is 21.6 Å². The van der Waals surface area contributed by atoms with Gasteiger partial charge >= 0.3 is 0 Å². The van der Waals surface area contributed by atoms with Crippen LogP contribution in [0.25, 0.3) is 0 Å². The minimum atomic E-state index is -3.82. The summed E-state index contributed by atoms with van der Waals surface area (Å²) in [5.41, 5.74) is 1.21. The molecular weight excluding hydrogens is 462 g/mol. The number of sulfonamides is 2. The smallest absolute Gasteiger partial charge is 0.242 e. The van der Waals surface area contributed by atoms with Crippen molar-refractivity contribution in [2.45, 2.75) is 37.1 Å². The van der Waals surface area contributed by atoms with E-state index in [0.717, 1.165) is 35.8 Å². The molecule has 33 heavy (non-hydrogen) atoms. The molecule has 178 valence electrons. The van der Waals surface area contributed by atoms with E-state index in [1.54, 1.807) is 0 Å². The van der Waals surface area contributed by atoms with Gasteiger partial charge in [-0.25, -0.2) is 25.9 Å². The van der Waals surface area contributed by atoms with Gasteiger partial charge in [0.05, 0.1) is 16.3 Å². The van der Waals surface area contributed by atoms with Gasteiger partial charge in [-0.3, -0.25) is 9.69 Å². The first-order chi connectivity index (χ1) is 15.7. The van der Waals surface area contributed by atoms with E-state index in [0.29, 0.717) is 5.92 Å². The molecule has 2 aliphatic heterocycles. The number of likely N-dealkylation sites (tertiary alicyclic amines) is 1. The molecule has 2 aromatic rings. The Morgan fingerprint density at radius 1 is 1.03 bits per heavy atom. The van der Waals surface area contributed by atoms with Gasteiger partial charge in [0.15, 0.2) is 0 Å². The summed E-state index contributed by atoms with van der Waals surface area (Å²) in [7, 11) is -7.52. The summed E-state index contributed by atoms with van der Waals surface area (Å²) >= 11 is 0. The van der Waals surface area contributed by atoms with E-state index in [2.05, 4.69) is 16.5 Å². The molecule has 1 atom stereocenters. The first-order valence-corrected chi connectivity index (χ1v) is 14.2. The molecule has 10 heteroatoms. The molecule has 0 aromatic heterocycles. The van der Waals surface area contributed by atoms with Crippen molar-refractivity contribution in [3.05, 3.63) is 60.2 Å². The number of anilines is 1. The molecule has 0 bridgehead atoms. The maximum atomic E-state index is 13.0. The number of nitrogens with zero attached hydrogens (tertiary/aromatic N) is 2. The predicted molar refractivity (Wildman–Crippen MR) is 127 cm³/mol. The first-order valence-electron chi connectivity index (χ1n) is 11.1. The highest BCUT2D eigenvalue weighted by Gasteiger charge is 2.36. The number of benzene rings is 2. The monoisotopic (exact) mass is 491 g/mol. The van der Waals surface area contributed by atoms with Crippen LogP contribution in [0.1, 0.15) is 37.8 Å². The van der Waals surface area contributed by atoms with Crippen LogP contribution in [0.4, 0.5) is 5.69 Å². The lowest BCUT2D eigenvalue weighted by atomic mass is 9.96. The molecule has 0 saturated carbocycles. The first kappa shape index (κ1) is 23.9. The molecule has 2 fully saturated rings. The van der Waals surface area contributed by atoms with Gasteiger partial charge in [0, 0.05) is 19.0 Å². The van der Waals surface area contributed by atoms with Crippen molar-refractivity contribution in [1.29, 1.82) is 0 Å². The Balaban J connectivity index is 1.50. The van der Waals surface area contributed by atoms with Crippen LogP contribution in [-0.4, -0.2) is 53.0 Å². The van der Waals surface area contributed by atoms with E-state index in [1.807, 2.05) is 30.3 Å². The summed E-state index contributed by atoms with van der Waals surface area (Å²) in [6, 6.07) is 15.2. The fraction of sp³-hybridized carbons (Fsp3) is 0.435. The van der Waals surface area contributed by atoms with E-state index in [4.69, 9.17) is 0 Å². The number of nitrogens with one attached hydrogen (secondary N) is 1. The van der Waals surface area contributed by atoms with Crippen LogP contribution in [-0.2, 0) is 24.8 Å². The Morgan fingerprint density at radius 3 is 2.24 bits per heavy atom. The van der Waals surface area contributed by atoms with Crippen molar-refractivity contribution in [2.75, 3.05) is 29.7 Å². The lowest BCUT2D eigenvalue weighted by molar-refractivity contribution is -0.116. The fourth-order valence-corrected chi connectivity index (χ4v) is 6.87. The van der Waals surface area contributed by atoms with Gasteiger partial charge in [0.25, 0.3) is 0 Å². The van der Waals surface area contributed by atoms with Crippen LogP contribution in [0, 0.1) is 5.92 Å². The van der Waals surface area contributed by atoms with Gasteiger partial charge in [-0.15, -0.1) is 0 Å². The maximum absolute atomic E-state index is 13.0. The fourth-order valence-electron chi connectivity index (χ4n) is 4.37. The van der Waals surface area contributed by atoms with Crippen LogP contribution < -0.4 is 9.03 Å². The zero-order valence-electron chi connectivity index (χ0n) is 18.6. The molecule has 0 aliphatic carbocycles. The van der Waals surface area contributed by atoms with Gasteiger partial charge in [-0.2, -0.15) is 0 Å². The normalized spacial score (nSPS) is 20.8. The molecule has 0 radical (unpaired) electrons.